The zero-order chi connectivity index (χ0) is 13.1. The van der Waals surface area contributed by atoms with Crippen molar-refractivity contribution in [3.8, 4) is 11.8 Å². The van der Waals surface area contributed by atoms with Crippen molar-refractivity contribution in [2.24, 2.45) is 5.73 Å². The maximum absolute atomic E-state index is 6.32. The maximum atomic E-state index is 6.32. The summed E-state index contributed by atoms with van der Waals surface area (Å²) in [7, 11) is 0. The average molecular weight is 250 g/mol. The monoisotopic (exact) mass is 250 g/mol. The van der Waals surface area contributed by atoms with Crippen LogP contribution >= 0.6 is 0 Å². The molecule has 2 heteroatoms. The summed E-state index contributed by atoms with van der Waals surface area (Å²) in [4.78, 5) is 4.56. The number of aromatic nitrogens is 1. The highest BCUT2D eigenvalue weighted by Gasteiger charge is 2.24. The largest absolute Gasteiger partial charge is 0.315 e. The van der Waals surface area contributed by atoms with Gasteiger partial charge in [0.2, 0.25) is 0 Å². The Morgan fingerprint density at radius 2 is 1.79 bits per heavy atom. The number of rotatable bonds is 0. The molecule has 0 saturated heterocycles. The first kappa shape index (κ1) is 12.2. The van der Waals surface area contributed by atoms with Gasteiger partial charge in [-0.1, -0.05) is 49.4 Å². The number of benzene rings is 1. The van der Waals surface area contributed by atoms with Gasteiger partial charge in [-0.2, -0.15) is 0 Å². The minimum atomic E-state index is -0.300. The summed E-state index contributed by atoms with van der Waals surface area (Å²) < 4.78 is 0. The van der Waals surface area contributed by atoms with E-state index in [-0.39, 0.29) is 5.54 Å². The number of nitrogens with zero attached hydrogens (tertiary/aromatic N) is 1. The van der Waals surface area contributed by atoms with E-state index in [1.807, 2.05) is 24.3 Å². The highest BCUT2D eigenvalue weighted by atomic mass is 14.7. The molecule has 1 aliphatic rings. The Morgan fingerprint density at radius 1 is 1.00 bits per heavy atom. The van der Waals surface area contributed by atoms with E-state index < -0.39 is 0 Å². The van der Waals surface area contributed by atoms with Crippen LogP contribution in [0.3, 0.4) is 0 Å². The van der Waals surface area contributed by atoms with Crippen LogP contribution in [-0.2, 0) is 0 Å². The van der Waals surface area contributed by atoms with Gasteiger partial charge in [-0.05, 0) is 30.9 Å². The number of hydrogen-bond acceptors (Lipinski definition) is 2. The Balaban J connectivity index is 1.89. The second kappa shape index (κ2) is 5.03. The molecule has 1 aliphatic carbocycles. The molecular formula is C17H18N2. The lowest BCUT2D eigenvalue weighted by Gasteiger charge is -2.27. The standard InChI is InChI=1S/C17H18N2/c18-17(11-4-1-5-12-17)13-10-15-9-8-14-6-2-3-7-16(14)19-15/h2-3,6-9H,1,4-5,11-12,18H2. The first-order valence-corrected chi connectivity index (χ1v) is 6.93. The van der Waals surface area contributed by atoms with E-state index in [1.54, 1.807) is 0 Å². The van der Waals surface area contributed by atoms with Gasteiger partial charge in [0.05, 0.1) is 11.1 Å². The van der Waals surface area contributed by atoms with Crippen LogP contribution in [0.15, 0.2) is 36.4 Å². The van der Waals surface area contributed by atoms with Crippen LogP contribution in [-0.4, -0.2) is 10.5 Å². The van der Waals surface area contributed by atoms with E-state index >= 15 is 0 Å². The lowest BCUT2D eigenvalue weighted by molar-refractivity contribution is 0.370. The highest BCUT2D eigenvalue weighted by molar-refractivity contribution is 5.78. The van der Waals surface area contributed by atoms with Gasteiger partial charge >= 0.3 is 0 Å². The normalized spacial score (nSPS) is 17.7. The van der Waals surface area contributed by atoms with Crippen LogP contribution in [0, 0.1) is 11.8 Å². The van der Waals surface area contributed by atoms with Gasteiger partial charge in [0.15, 0.2) is 0 Å². The zero-order valence-corrected chi connectivity index (χ0v) is 11.0. The summed E-state index contributed by atoms with van der Waals surface area (Å²) in [6.45, 7) is 0. The molecule has 1 fully saturated rings. The Hall–Kier alpha value is -1.85. The molecule has 2 aromatic rings. The van der Waals surface area contributed by atoms with Crippen LogP contribution in [0.2, 0.25) is 0 Å². The summed E-state index contributed by atoms with van der Waals surface area (Å²) in [5.41, 5.74) is 7.82. The molecule has 0 aliphatic heterocycles. The topological polar surface area (TPSA) is 38.9 Å². The molecule has 1 aromatic heterocycles. The fourth-order valence-corrected chi connectivity index (χ4v) is 2.63. The second-order valence-electron chi connectivity index (χ2n) is 5.36. The molecule has 1 heterocycles. The number of hydrogen-bond donors (Lipinski definition) is 1. The van der Waals surface area contributed by atoms with Gasteiger partial charge in [-0.3, -0.25) is 0 Å². The molecule has 0 amide bonds. The summed E-state index contributed by atoms with van der Waals surface area (Å²) in [5, 5.41) is 1.15. The lowest BCUT2D eigenvalue weighted by Crippen LogP contribution is -2.40. The Kier molecular flexibility index (Phi) is 3.23. The molecular weight excluding hydrogens is 232 g/mol. The van der Waals surface area contributed by atoms with E-state index in [0.717, 1.165) is 29.4 Å². The molecule has 19 heavy (non-hydrogen) atoms. The highest BCUT2D eigenvalue weighted by Crippen LogP contribution is 2.25. The van der Waals surface area contributed by atoms with E-state index in [0.29, 0.717) is 0 Å². The molecule has 1 saturated carbocycles. The van der Waals surface area contributed by atoms with Crippen molar-refractivity contribution < 1.29 is 0 Å². The summed E-state index contributed by atoms with van der Waals surface area (Å²) >= 11 is 0. The molecule has 0 radical (unpaired) electrons. The molecule has 3 rings (SSSR count). The quantitative estimate of drug-likeness (QED) is 0.729. The van der Waals surface area contributed by atoms with Crippen molar-refractivity contribution in [1.29, 1.82) is 0 Å². The Morgan fingerprint density at radius 3 is 2.63 bits per heavy atom. The molecule has 2 N–H and O–H groups in total. The van der Waals surface area contributed by atoms with Crippen molar-refractivity contribution in [1.82, 2.24) is 4.98 Å². The predicted molar refractivity (Wildman–Crippen MR) is 78.6 cm³/mol. The van der Waals surface area contributed by atoms with Crippen LogP contribution in [0.25, 0.3) is 10.9 Å². The molecule has 0 bridgehead atoms. The Labute approximate surface area is 114 Å². The third-order valence-electron chi connectivity index (χ3n) is 3.78. The summed E-state index contributed by atoms with van der Waals surface area (Å²) in [6.07, 6.45) is 5.68. The van der Waals surface area contributed by atoms with Crippen molar-refractivity contribution >= 4 is 10.9 Å². The van der Waals surface area contributed by atoms with Gasteiger partial charge in [0.25, 0.3) is 0 Å². The molecule has 96 valence electrons. The lowest BCUT2D eigenvalue weighted by atomic mass is 9.83. The molecule has 0 unspecified atom stereocenters. The average Bonchev–Trinajstić information content (AvgIpc) is 2.46. The van der Waals surface area contributed by atoms with Crippen molar-refractivity contribution in [3.05, 3.63) is 42.1 Å². The van der Waals surface area contributed by atoms with Gasteiger partial charge in [-0.15, -0.1) is 0 Å². The van der Waals surface area contributed by atoms with Crippen molar-refractivity contribution in [2.75, 3.05) is 0 Å². The number of nitrogens with two attached hydrogens (primary N) is 1. The van der Waals surface area contributed by atoms with Crippen molar-refractivity contribution in [2.45, 2.75) is 37.6 Å². The number of pyridine rings is 1. The predicted octanol–water partition coefficient (Wildman–Crippen LogP) is 3.25. The van der Waals surface area contributed by atoms with Crippen LogP contribution in [0.4, 0.5) is 0 Å². The van der Waals surface area contributed by atoms with Crippen LogP contribution < -0.4 is 5.73 Å². The van der Waals surface area contributed by atoms with Crippen molar-refractivity contribution in [3.63, 3.8) is 0 Å². The SMILES string of the molecule is NC1(C#Cc2ccc3ccccc3n2)CCCCC1. The van der Waals surface area contributed by atoms with Gasteiger partial charge in [0, 0.05) is 5.39 Å². The second-order valence-corrected chi connectivity index (χ2v) is 5.36. The van der Waals surface area contributed by atoms with E-state index in [1.165, 1.54) is 19.3 Å². The molecule has 0 atom stereocenters. The van der Waals surface area contributed by atoms with Crippen LogP contribution in [0.5, 0.6) is 0 Å². The Bertz CT molecular complexity index is 643. The van der Waals surface area contributed by atoms with Crippen LogP contribution in [0.1, 0.15) is 37.8 Å². The van der Waals surface area contributed by atoms with Gasteiger partial charge < -0.3 is 5.73 Å². The van der Waals surface area contributed by atoms with Gasteiger partial charge in [-0.25, -0.2) is 4.98 Å². The summed E-state index contributed by atoms with van der Waals surface area (Å²) in [6, 6.07) is 12.1. The number of para-hydroxylation sites is 1. The van der Waals surface area contributed by atoms with E-state index in [4.69, 9.17) is 5.73 Å². The third kappa shape index (κ3) is 2.77. The molecule has 0 spiro atoms. The van der Waals surface area contributed by atoms with E-state index in [2.05, 4.69) is 29.0 Å². The van der Waals surface area contributed by atoms with E-state index in [9.17, 15) is 0 Å². The maximum Gasteiger partial charge on any atom is 0.113 e. The fourth-order valence-electron chi connectivity index (χ4n) is 2.63. The first-order valence-electron chi connectivity index (χ1n) is 6.93. The third-order valence-corrected chi connectivity index (χ3v) is 3.78. The zero-order valence-electron chi connectivity index (χ0n) is 11.0. The molecule has 1 aromatic carbocycles. The minimum absolute atomic E-state index is 0.300. The van der Waals surface area contributed by atoms with Gasteiger partial charge in [0.1, 0.15) is 5.69 Å². The summed E-state index contributed by atoms with van der Waals surface area (Å²) in [5.74, 6) is 6.41. The smallest absolute Gasteiger partial charge is 0.113 e. The minimum Gasteiger partial charge on any atom is -0.315 e. The first-order chi connectivity index (χ1) is 9.25. The molecule has 2 nitrogen and oxygen atoms in total. The fraction of sp³-hybridized carbons (Fsp3) is 0.353. The number of fused-ring (bicyclic) bond motifs is 1.